The van der Waals surface area contributed by atoms with Crippen molar-refractivity contribution in [2.45, 2.75) is 22.3 Å². The van der Waals surface area contributed by atoms with Gasteiger partial charge in [0.25, 0.3) is 0 Å². The molecule has 0 unspecified atom stereocenters. The number of benzene rings is 2. The molecule has 3 N–H and O–H groups in total. The quantitative estimate of drug-likeness (QED) is 0.655. The van der Waals surface area contributed by atoms with Crippen molar-refractivity contribution in [3.05, 3.63) is 54.6 Å². The Morgan fingerprint density at radius 1 is 1.08 bits per heavy atom. The Kier molecular flexibility index (Phi) is 7.31. The van der Waals surface area contributed by atoms with Gasteiger partial charge in [0.2, 0.25) is 10.0 Å². The van der Waals surface area contributed by atoms with Gasteiger partial charge in [0, 0.05) is 22.4 Å². The second kappa shape index (κ2) is 9.24. The molecule has 0 amide bonds. The molecule has 0 bridgehead atoms. The lowest BCUT2D eigenvalue weighted by atomic mass is 10.2. The van der Waals surface area contributed by atoms with E-state index in [1.54, 1.807) is 12.1 Å². The summed E-state index contributed by atoms with van der Waals surface area (Å²) in [6.45, 7) is 0.974. The van der Waals surface area contributed by atoms with Crippen LogP contribution in [0.1, 0.15) is 6.42 Å². The number of nitrogens with zero attached hydrogens (tertiary/aromatic N) is 1. The molecule has 7 heteroatoms. The number of thioether (sulfide) groups is 1. The van der Waals surface area contributed by atoms with Gasteiger partial charge in [0.05, 0.1) is 4.90 Å². The first-order valence-electron chi connectivity index (χ1n) is 8.06. The third kappa shape index (κ3) is 7.07. The number of hydrogen-bond donors (Lipinski definition) is 2. The van der Waals surface area contributed by atoms with Crippen LogP contribution in [0.25, 0.3) is 0 Å². The summed E-state index contributed by atoms with van der Waals surface area (Å²) < 4.78 is 22.7. The normalized spacial score (nSPS) is 13.0. The maximum atomic E-state index is 11.4. The number of anilines is 1. The lowest BCUT2D eigenvalue weighted by molar-refractivity contribution is 0.391. The Morgan fingerprint density at radius 3 is 2.28 bits per heavy atom. The summed E-state index contributed by atoms with van der Waals surface area (Å²) in [5.41, 5.74) is 0.893. The van der Waals surface area contributed by atoms with Crippen LogP contribution in [-0.4, -0.2) is 45.8 Å². The van der Waals surface area contributed by atoms with Crippen molar-refractivity contribution in [3.8, 4) is 0 Å². The van der Waals surface area contributed by atoms with E-state index in [2.05, 4.69) is 36.4 Å². The average Bonchev–Trinajstić information content (AvgIpc) is 2.58. The van der Waals surface area contributed by atoms with Crippen LogP contribution in [0.4, 0.5) is 5.69 Å². The van der Waals surface area contributed by atoms with E-state index < -0.39 is 10.0 Å². The summed E-state index contributed by atoms with van der Waals surface area (Å²) >= 11 is 1.81. The van der Waals surface area contributed by atoms with Gasteiger partial charge in [-0.25, -0.2) is 13.6 Å². The van der Waals surface area contributed by atoms with Crippen molar-refractivity contribution in [3.63, 3.8) is 0 Å². The molecule has 1 atom stereocenters. The van der Waals surface area contributed by atoms with Gasteiger partial charge in [0.15, 0.2) is 0 Å². The first-order valence-corrected chi connectivity index (χ1v) is 10.6. The zero-order valence-electron chi connectivity index (χ0n) is 14.6. The van der Waals surface area contributed by atoms with Crippen molar-refractivity contribution in [2.75, 3.05) is 31.7 Å². The van der Waals surface area contributed by atoms with Crippen molar-refractivity contribution < 1.29 is 8.42 Å². The van der Waals surface area contributed by atoms with Crippen LogP contribution in [0.15, 0.2) is 64.4 Å². The van der Waals surface area contributed by atoms with Crippen molar-refractivity contribution in [1.82, 2.24) is 4.90 Å². The van der Waals surface area contributed by atoms with Crippen LogP contribution in [0.3, 0.4) is 0 Å². The largest absolute Gasteiger partial charge is 0.381 e. The molecule has 2 rings (SSSR count). The highest BCUT2D eigenvalue weighted by atomic mass is 32.2. The summed E-state index contributed by atoms with van der Waals surface area (Å²) in [7, 11) is 0.461. The first kappa shape index (κ1) is 19.8. The van der Waals surface area contributed by atoms with E-state index in [0.29, 0.717) is 0 Å². The predicted octanol–water partition coefficient (Wildman–Crippen LogP) is 2.86. The zero-order valence-corrected chi connectivity index (χ0v) is 16.2. The van der Waals surface area contributed by atoms with Crippen LogP contribution in [0, 0.1) is 0 Å². The van der Waals surface area contributed by atoms with Crippen LogP contribution in [0.2, 0.25) is 0 Å². The molecule has 25 heavy (non-hydrogen) atoms. The van der Waals surface area contributed by atoms with Crippen LogP contribution < -0.4 is 10.5 Å². The van der Waals surface area contributed by atoms with Gasteiger partial charge in [0.1, 0.15) is 0 Å². The third-order valence-electron chi connectivity index (χ3n) is 3.67. The minimum Gasteiger partial charge on any atom is -0.381 e. The third-order valence-corrected chi connectivity index (χ3v) is 5.78. The molecule has 0 aliphatic rings. The first-order chi connectivity index (χ1) is 11.8. The number of rotatable bonds is 9. The molecule has 0 spiro atoms. The number of sulfonamides is 1. The van der Waals surface area contributed by atoms with Gasteiger partial charge in [-0.1, -0.05) is 18.2 Å². The van der Waals surface area contributed by atoms with E-state index in [1.165, 1.54) is 17.0 Å². The number of primary sulfonamides is 1. The second-order valence-corrected chi connectivity index (χ2v) is 8.78. The molecule has 0 fully saturated rings. The minimum absolute atomic E-state index is 0.126. The molecule has 2 aromatic rings. The monoisotopic (exact) mass is 379 g/mol. The van der Waals surface area contributed by atoms with Gasteiger partial charge in [-0.05, 0) is 63.5 Å². The summed E-state index contributed by atoms with van der Waals surface area (Å²) in [5.74, 6) is 0.925. The zero-order chi connectivity index (χ0) is 18.3. The van der Waals surface area contributed by atoms with Crippen LogP contribution in [0.5, 0.6) is 0 Å². The Labute approximate surface area is 154 Å². The van der Waals surface area contributed by atoms with Crippen molar-refractivity contribution in [2.24, 2.45) is 5.14 Å². The van der Waals surface area contributed by atoms with Gasteiger partial charge in [-0.2, -0.15) is 0 Å². The molecule has 0 saturated heterocycles. The van der Waals surface area contributed by atoms with Crippen LogP contribution >= 0.6 is 11.8 Å². The summed E-state index contributed by atoms with van der Waals surface area (Å²) in [6, 6.07) is 17.2. The average molecular weight is 380 g/mol. The molecule has 5 nitrogen and oxygen atoms in total. The van der Waals surface area contributed by atoms with E-state index in [9.17, 15) is 8.42 Å². The highest BCUT2D eigenvalue weighted by Crippen LogP contribution is 2.21. The lowest BCUT2D eigenvalue weighted by Gasteiger charge is -2.22. The van der Waals surface area contributed by atoms with Crippen molar-refractivity contribution >= 4 is 27.5 Å². The van der Waals surface area contributed by atoms with E-state index in [0.717, 1.165) is 24.4 Å². The maximum absolute atomic E-state index is 11.4. The Hall–Kier alpha value is -1.54. The Morgan fingerprint density at radius 2 is 1.72 bits per heavy atom. The van der Waals surface area contributed by atoms with E-state index in [4.69, 9.17) is 5.14 Å². The van der Waals surface area contributed by atoms with Gasteiger partial charge < -0.3 is 10.2 Å². The fourth-order valence-electron chi connectivity index (χ4n) is 2.30. The Balaban J connectivity index is 2.01. The summed E-state index contributed by atoms with van der Waals surface area (Å²) in [4.78, 5) is 3.52. The number of nitrogens with two attached hydrogens (primary N) is 1. The van der Waals surface area contributed by atoms with Gasteiger partial charge in [-0.15, -0.1) is 11.8 Å². The molecule has 136 valence electrons. The van der Waals surface area contributed by atoms with Crippen molar-refractivity contribution in [1.29, 1.82) is 0 Å². The fraction of sp³-hybridized carbons (Fsp3) is 0.333. The van der Waals surface area contributed by atoms with E-state index in [-0.39, 0.29) is 10.9 Å². The smallest absolute Gasteiger partial charge is 0.238 e. The van der Waals surface area contributed by atoms with Crippen LogP contribution in [-0.2, 0) is 10.0 Å². The predicted molar refractivity (Wildman–Crippen MR) is 106 cm³/mol. The molecule has 0 aliphatic heterocycles. The Bertz CT molecular complexity index is 748. The van der Waals surface area contributed by atoms with Gasteiger partial charge in [-0.3, -0.25) is 0 Å². The molecule has 0 aromatic heterocycles. The standard InChI is InChI=1S/C18H25N3O2S2/c1-21(2)13-12-16(14-24-17-6-4-3-5-7-17)20-15-8-10-18(11-9-15)25(19,22)23/h3-11,16,20H,12-14H2,1-2H3,(H2,19,22,23)/t16-/m1/s1. The molecule has 2 aromatic carbocycles. The summed E-state index contributed by atoms with van der Waals surface area (Å²) in [6.07, 6.45) is 0.990. The van der Waals surface area contributed by atoms with E-state index in [1.807, 2.05) is 30.0 Å². The highest BCUT2D eigenvalue weighted by molar-refractivity contribution is 7.99. The number of hydrogen-bond acceptors (Lipinski definition) is 5. The molecule has 0 radical (unpaired) electrons. The number of nitrogens with one attached hydrogen (secondary N) is 1. The highest BCUT2D eigenvalue weighted by Gasteiger charge is 2.12. The SMILES string of the molecule is CN(C)CC[C@H](CSc1ccccc1)Nc1ccc(S(N)(=O)=O)cc1. The lowest BCUT2D eigenvalue weighted by Crippen LogP contribution is -2.27. The minimum atomic E-state index is -3.65. The topological polar surface area (TPSA) is 75.4 Å². The molecular formula is C18H25N3O2S2. The molecule has 0 aliphatic carbocycles. The second-order valence-electron chi connectivity index (χ2n) is 6.13. The molecular weight excluding hydrogens is 354 g/mol. The fourth-order valence-corrected chi connectivity index (χ4v) is 3.81. The molecule has 0 heterocycles. The van der Waals surface area contributed by atoms with E-state index >= 15 is 0 Å². The summed E-state index contributed by atoms with van der Waals surface area (Å²) in [5, 5.41) is 8.64. The molecule has 0 saturated carbocycles. The maximum Gasteiger partial charge on any atom is 0.238 e. The van der Waals surface area contributed by atoms with Gasteiger partial charge >= 0.3 is 0 Å².